The van der Waals surface area contributed by atoms with Crippen molar-refractivity contribution in [2.24, 2.45) is 0 Å². The second-order valence-electron chi connectivity index (χ2n) is 6.90. The van der Waals surface area contributed by atoms with E-state index in [4.69, 9.17) is 4.98 Å². The number of para-hydroxylation sites is 1. The molecule has 0 unspecified atom stereocenters. The van der Waals surface area contributed by atoms with Gasteiger partial charge in [0.05, 0.1) is 28.3 Å². The number of aromatic nitrogens is 4. The molecule has 0 N–H and O–H groups in total. The first-order valence-corrected chi connectivity index (χ1v) is 10.0. The molecular weight excluding hydrogens is 358 g/mol. The molecule has 2 aromatic carbocycles. The minimum atomic E-state index is -0.0887. The van der Waals surface area contributed by atoms with Gasteiger partial charge in [0.15, 0.2) is 0 Å². The predicted molar refractivity (Wildman–Crippen MR) is 107 cm³/mol. The molecule has 7 heteroatoms. The molecule has 0 bridgehead atoms. The van der Waals surface area contributed by atoms with Crippen LogP contribution in [0.1, 0.15) is 30.3 Å². The van der Waals surface area contributed by atoms with Crippen molar-refractivity contribution in [2.75, 3.05) is 6.54 Å². The lowest BCUT2D eigenvalue weighted by Crippen LogP contribution is -2.39. The Morgan fingerprint density at radius 1 is 1.04 bits per heavy atom. The molecule has 4 aromatic rings. The number of hydrogen-bond donors (Lipinski definition) is 0. The van der Waals surface area contributed by atoms with Crippen LogP contribution < -0.4 is 5.56 Å². The lowest BCUT2D eigenvalue weighted by atomic mass is 10.0. The monoisotopic (exact) mass is 377 g/mol. The highest BCUT2D eigenvalue weighted by Gasteiger charge is 2.27. The first-order chi connectivity index (χ1) is 13.3. The number of likely N-dealkylation sites (tertiary alicyclic amines) is 1. The minimum absolute atomic E-state index is 0.0887. The van der Waals surface area contributed by atoms with Crippen LogP contribution in [0.3, 0.4) is 0 Å². The van der Waals surface area contributed by atoms with Crippen molar-refractivity contribution >= 4 is 32.5 Å². The zero-order valence-electron chi connectivity index (χ0n) is 14.8. The molecule has 0 radical (unpaired) electrons. The quantitative estimate of drug-likeness (QED) is 0.546. The van der Waals surface area contributed by atoms with Crippen molar-refractivity contribution in [1.82, 2.24) is 24.9 Å². The Labute approximate surface area is 160 Å². The molecule has 1 aliphatic heterocycles. The lowest BCUT2D eigenvalue weighted by Gasteiger charge is -2.34. The molecule has 6 nitrogen and oxygen atoms in total. The SMILES string of the molecule is O=c1c2ccccc2nnn1CN1CCCC[C@@H]1c1nc2ccccc2s1. The fourth-order valence-corrected chi connectivity index (χ4v) is 4.90. The number of nitrogens with zero attached hydrogens (tertiary/aromatic N) is 5. The standard InChI is InChI=1S/C20H19N5OS/c26-20-14-7-1-2-8-15(14)22-23-25(20)13-24-12-6-5-10-17(24)19-21-16-9-3-4-11-18(16)27-19/h1-4,7-9,11,17H,5-6,10,12-13H2/t17-/m1/s1. The average Bonchev–Trinajstić information content (AvgIpc) is 3.15. The maximum atomic E-state index is 12.8. The Balaban J connectivity index is 1.49. The van der Waals surface area contributed by atoms with E-state index >= 15 is 0 Å². The van der Waals surface area contributed by atoms with Crippen LogP contribution in [0.4, 0.5) is 0 Å². The summed E-state index contributed by atoms with van der Waals surface area (Å²) in [4.78, 5) is 20.0. The third kappa shape index (κ3) is 3.02. The van der Waals surface area contributed by atoms with E-state index in [9.17, 15) is 4.79 Å². The summed E-state index contributed by atoms with van der Waals surface area (Å²) >= 11 is 1.75. The van der Waals surface area contributed by atoms with Crippen LogP contribution >= 0.6 is 11.3 Å². The third-order valence-corrected chi connectivity index (χ3v) is 6.29. The smallest absolute Gasteiger partial charge is 0.275 e. The summed E-state index contributed by atoms with van der Waals surface area (Å²) in [7, 11) is 0. The molecule has 0 aliphatic carbocycles. The van der Waals surface area contributed by atoms with Crippen LogP contribution in [-0.2, 0) is 6.67 Å². The van der Waals surface area contributed by atoms with E-state index in [0.29, 0.717) is 17.6 Å². The molecular formula is C20H19N5OS. The number of fused-ring (bicyclic) bond motifs is 2. The van der Waals surface area contributed by atoms with Gasteiger partial charge in [-0.3, -0.25) is 9.69 Å². The van der Waals surface area contributed by atoms with Gasteiger partial charge in [0.25, 0.3) is 5.56 Å². The molecule has 5 rings (SSSR count). The highest BCUT2D eigenvalue weighted by molar-refractivity contribution is 7.18. The van der Waals surface area contributed by atoms with Crippen molar-refractivity contribution in [3.8, 4) is 0 Å². The van der Waals surface area contributed by atoms with Crippen molar-refractivity contribution < 1.29 is 0 Å². The zero-order chi connectivity index (χ0) is 18.2. The van der Waals surface area contributed by atoms with Gasteiger partial charge in [-0.05, 0) is 37.1 Å². The topological polar surface area (TPSA) is 63.9 Å². The normalized spacial score (nSPS) is 18.3. The number of thiazole rings is 1. The molecule has 1 aliphatic rings. The van der Waals surface area contributed by atoms with Crippen LogP contribution in [0.5, 0.6) is 0 Å². The molecule has 1 atom stereocenters. The second kappa shape index (κ2) is 6.83. The van der Waals surface area contributed by atoms with E-state index in [-0.39, 0.29) is 11.6 Å². The fraction of sp³-hybridized carbons (Fsp3) is 0.300. The molecule has 0 spiro atoms. The van der Waals surface area contributed by atoms with Gasteiger partial charge in [-0.2, -0.15) is 4.68 Å². The summed E-state index contributed by atoms with van der Waals surface area (Å²) in [6.07, 6.45) is 3.35. The average molecular weight is 377 g/mol. The molecule has 0 saturated carbocycles. The predicted octanol–water partition coefficient (Wildman–Crippen LogP) is 3.59. The van der Waals surface area contributed by atoms with Gasteiger partial charge in [-0.15, -0.1) is 16.4 Å². The molecule has 1 saturated heterocycles. The van der Waals surface area contributed by atoms with E-state index in [2.05, 4.69) is 27.3 Å². The highest BCUT2D eigenvalue weighted by atomic mass is 32.1. The van der Waals surface area contributed by atoms with Gasteiger partial charge in [0, 0.05) is 6.54 Å². The first kappa shape index (κ1) is 16.5. The van der Waals surface area contributed by atoms with Crippen LogP contribution in [0.15, 0.2) is 53.3 Å². The molecule has 0 amide bonds. The van der Waals surface area contributed by atoms with Crippen LogP contribution in [0, 0.1) is 0 Å². The lowest BCUT2D eigenvalue weighted by molar-refractivity contribution is 0.100. The fourth-order valence-electron chi connectivity index (χ4n) is 3.76. The van der Waals surface area contributed by atoms with Gasteiger partial charge in [-0.1, -0.05) is 35.9 Å². The highest BCUT2D eigenvalue weighted by Crippen LogP contribution is 2.35. The minimum Gasteiger partial charge on any atom is -0.275 e. The van der Waals surface area contributed by atoms with E-state index < -0.39 is 0 Å². The van der Waals surface area contributed by atoms with Gasteiger partial charge < -0.3 is 0 Å². The molecule has 3 heterocycles. The molecule has 27 heavy (non-hydrogen) atoms. The third-order valence-electron chi connectivity index (χ3n) is 5.15. The number of benzene rings is 2. The van der Waals surface area contributed by atoms with Gasteiger partial charge in [-0.25, -0.2) is 4.98 Å². The van der Waals surface area contributed by atoms with Crippen LogP contribution in [0.2, 0.25) is 0 Å². The van der Waals surface area contributed by atoms with E-state index in [1.807, 2.05) is 36.4 Å². The Bertz CT molecular complexity index is 1130. The zero-order valence-corrected chi connectivity index (χ0v) is 15.6. The molecule has 136 valence electrons. The number of rotatable bonds is 3. The second-order valence-corrected chi connectivity index (χ2v) is 7.96. The Hall–Kier alpha value is -2.64. The maximum Gasteiger partial charge on any atom is 0.278 e. The van der Waals surface area contributed by atoms with Crippen LogP contribution in [0.25, 0.3) is 21.1 Å². The van der Waals surface area contributed by atoms with Gasteiger partial charge in [0.2, 0.25) is 0 Å². The Morgan fingerprint density at radius 2 is 1.85 bits per heavy atom. The molecule has 2 aromatic heterocycles. The van der Waals surface area contributed by atoms with Gasteiger partial charge in [0.1, 0.15) is 10.5 Å². The summed E-state index contributed by atoms with van der Waals surface area (Å²) < 4.78 is 2.69. The van der Waals surface area contributed by atoms with Crippen molar-refractivity contribution in [3.63, 3.8) is 0 Å². The Morgan fingerprint density at radius 3 is 2.74 bits per heavy atom. The van der Waals surface area contributed by atoms with Gasteiger partial charge >= 0.3 is 0 Å². The van der Waals surface area contributed by atoms with Crippen molar-refractivity contribution in [3.05, 3.63) is 63.9 Å². The van der Waals surface area contributed by atoms with E-state index in [0.717, 1.165) is 29.9 Å². The maximum absolute atomic E-state index is 12.8. The van der Waals surface area contributed by atoms with Crippen molar-refractivity contribution in [2.45, 2.75) is 32.0 Å². The van der Waals surface area contributed by atoms with E-state index in [1.165, 1.54) is 15.8 Å². The Kier molecular flexibility index (Phi) is 4.18. The summed E-state index contributed by atoms with van der Waals surface area (Å²) in [5.74, 6) is 0. The number of piperidine rings is 1. The first-order valence-electron chi connectivity index (χ1n) is 9.22. The van der Waals surface area contributed by atoms with Crippen LogP contribution in [-0.4, -0.2) is 31.4 Å². The molecule has 1 fully saturated rings. The largest absolute Gasteiger partial charge is 0.278 e. The summed E-state index contributed by atoms with van der Waals surface area (Å²) in [5, 5.41) is 10.1. The van der Waals surface area contributed by atoms with E-state index in [1.54, 1.807) is 11.3 Å². The summed E-state index contributed by atoms with van der Waals surface area (Å²) in [5.41, 5.74) is 1.60. The summed E-state index contributed by atoms with van der Waals surface area (Å²) in [6, 6.07) is 15.8. The summed E-state index contributed by atoms with van der Waals surface area (Å²) in [6.45, 7) is 1.37. The number of hydrogen-bond acceptors (Lipinski definition) is 6. The van der Waals surface area contributed by atoms with Crippen molar-refractivity contribution in [1.29, 1.82) is 0 Å².